The van der Waals surface area contributed by atoms with Crippen molar-refractivity contribution in [3.63, 3.8) is 0 Å². The van der Waals surface area contributed by atoms with Gasteiger partial charge < -0.3 is 10.2 Å². The highest BCUT2D eigenvalue weighted by molar-refractivity contribution is 9.10. The Hall–Kier alpha value is -1.65. The average molecular weight is 347 g/mol. The minimum absolute atomic E-state index is 0.0363. The molecular formula is C17H19BrN2O. The third-order valence-electron chi connectivity index (χ3n) is 3.15. The van der Waals surface area contributed by atoms with Crippen molar-refractivity contribution in [3.05, 3.63) is 58.6 Å². The Bertz CT molecular complexity index is 626. The van der Waals surface area contributed by atoms with Crippen LogP contribution >= 0.6 is 15.9 Å². The zero-order valence-corrected chi connectivity index (χ0v) is 13.9. The van der Waals surface area contributed by atoms with E-state index in [0.29, 0.717) is 12.1 Å². The molecule has 0 saturated heterocycles. The van der Waals surface area contributed by atoms with Crippen molar-refractivity contribution in [2.45, 2.75) is 0 Å². The second-order valence-electron chi connectivity index (χ2n) is 5.12. The quantitative estimate of drug-likeness (QED) is 0.899. The predicted octanol–water partition coefficient (Wildman–Crippen LogP) is 3.41. The maximum absolute atomic E-state index is 12.2. The first-order chi connectivity index (χ1) is 10.1. The van der Waals surface area contributed by atoms with Crippen LogP contribution in [0.3, 0.4) is 0 Å². The van der Waals surface area contributed by atoms with E-state index >= 15 is 0 Å². The number of nitrogens with zero attached hydrogens (tertiary/aromatic N) is 1. The predicted molar refractivity (Wildman–Crippen MR) is 90.5 cm³/mol. The van der Waals surface area contributed by atoms with E-state index in [1.807, 2.05) is 67.5 Å². The smallest absolute Gasteiger partial charge is 0.251 e. The molecule has 0 bridgehead atoms. The molecular weight excluding hydrogens is 328 g/mol. The van der Waals surface area contributed by atoms with Crippen LogP contribution in [0, 0.1) is 0 Å². The topological polar surface area (TPSA) is 32.3 Å². The Morgan fingerprint density at radius 2 is 1.90 bits per heavy atom. The van der Waals surface area contributed by atoms with Crippen molar-refractivity contribution >= 4 is 21.8 Å². The van der Waals surface area contributed by atoms with Crippen molar-refractivity contribution in [3.8, 4) is 11.1 Å². The van der Waals surface area contributed by atoms with Crippen molar-refractivity contribution in [1.29, 1.82) is 0 Å². The second-order valence-corrected chi connectivity index (χ2v) is 5.97. The van der Waals surface area contributed by atoms with Gasteiger partial charge in [-0.15, -0.1) is 0 Å². The molecule has 0 atom stereocenters. The van der Waals surface area contributed by atoms with Gasteiger partial charge in [0.1, 0.15) is 0 Å². The summed E-state index contributed by atoms with van der Waals surface area (Å²) in [5, 5.41) is 2.93. The highest BCUT2D eigenvalue weighted by atomic mass is 79.9. The minimum atomic E-state index is -0.0363. The summed E-state index contributed by atoms with van der Waals surface area (Å²) in [7, 11) is 3.97. The van der Waals surface area contributed by atoms with Gasteiger partial charge in [0.05, 0.1) is 0 Å². The summed E-state index contributed by atoms with van der Waals surface area (Å²) in [6.45, 7) is 1.47. The fourth-order valence-corrected chi connectivity index (χ4v) is 2.53. The van der Waals surface area contributed by atoms with Crippen LogP contribution < -0.4 is 5.32 Å². The Balaban J connectivity index is 2.14. The lowest BCUT2D eigenvalue weighted by Gasteiger charge is -2.11. The molecule has 0 saturated carbocycles. The van der Waals surface area contributed by atoms with Crippen molar-refractivity contribution in [2.24, 2.45) is 0 Å². The highest BCUT2D eigenvalue weighted by Crippen LogP contribution is 2.28. The molecule has 0 aliphatic heterocycles. The number of nitrogens with one attached hydrogen (secondary N) is 1. The lowest BCUT2D eigenvalue weighted by atomic mass is 10.0. The van der Waals surface area contributed by atoms with E-state index in [-0.39, 0.29) is 5.91 Å². The molecule has 110 valence electrons. The van der Waals surface area contributed by atoms with Crippen molar-refractivity contribution < 1.29 is 4.79 Å². The number of carbonyl (C=O) groups excluding carboxylic acids is 1. The Kier molecular flexibility index (Phi) is 5.53. The average Bonchev–Trinajstić information content (AvgIpc) is 2.47. The van der Waals surface area contributed by atoms with E-state index in [9.17, 15) is 4.79 Å². The van der Waals surface area contributed by atoms with Crippen molar-refractivity contribution in [2.75, 3.05) is 27.2 Å². The summed E-state index contributed by atoms with van der Waals surface area (Å²) >= 11 is 3.55. The molecule has 0 fully saturated rings. The summed E-state index contributed by atoms with van der Waals surface area (Å²) in [5.74, 6) is -0.0363. The number of carbonyl (C=O) groups is 1. The van der Waals surface area contributed by atoms with E-state index in [4.69, 9.17) is 0 Å². The molecule has 3 nitrogen and oxygen atoms in total. The van der Waals surface area contributed by atoms with Gasteiger partial charge in [-0.3, -0.25) is 4.79 Å². The molecule has 1 N–H and O–H groups in total. The second kappa shape index (κ2) is 7.38. The van der Waals surface area contributed by atoms with Gasteiger partial charge in [0.25, 0.3) is 5.91 Å². The highest BCUT2D eigenvalue weighted by Gasteiger charge is 2.08. The van der Waals surface area contributed by atoms with E-state index < -0.39 is 0 Å². The number of halogens is 1. The van der Waals surface area contributed by atoms with Crippen LogP contribution in [0.1, 0.15) is 10.4 Å². The monoisotopic (exact) mass is 346 g/mol. The first-order valence-corrected chi connectivity index (χ1v) is 7.65. The summed E-state index contributed by atoms with van der Waals surface area (Å²) in [5.41, 5.74) is 2.80. The van der Waals surface area contributed by atoms with Crippen LogP contribution in [0.25, 0.3) is 11.1 Å². The molecule has 0 aromatic heterocycles. The zero-order chi connectivity index (χ0) is 15.2. The van der Waals surface area contributed by atoms with E-state index in [2.05, 4.69) is 21.2 Å². The lowest BCUT2D eigenvalue weighted by molar-refractivity contribution is 0.0951. The number of hydrogen-bond donors (Lipinski definition) is 1. The Labute approximate surface area is 134 Å². The first kappa shape index (κ1) is 15.7. The molecule has 1 amide bonds. The fourth-order valence-electron chi connectivity index (χ4n) is 2.02. The number of rotatable bonds is 5. The fraction of sp³-hybridized carbons (Fsp3) is 0.235. The van der Waals surface area contributed by atoms with E-state index in [1.54, 1.807) is 0 Å². The number of benzene rings is 2. The lowest BCUT2D eigenvalue weighted by Crippen LogP contribution is -2.31. The van der Waals surface area contributed by atoms with Crippen LogP contribution in [0.4, 0.5) is 0 Å². The Morgan fingerprint density at radius 3 is 2.62 bits per heavy atom. The minimum Gasteiger partial charge on any atom is -0.351 e. The van der Waals surface area contributed by atoms with Gasteiger partial charge >= 0.3 is 0 Å². The molecule has 21 heavy (non-hydrogen) atoms. The third-order valence-corrected chi connectivity index (χ3v) is 3.85. The first-order valence-electron chi connectivity index (χ1n) is 6.86. The molecule has 0 aliphatic carbocycles. The molecule has 0 spiro atoms. The van der Waals surface area contributed by atoms with Crippen LogP contribution in [0.2, 0.25) is 0 Å². The Morgan fingerprint density at radius 1 is 1.14 bits per heavy atom. The number of amides is 1. The number of likely N-dealkylation sites (N-methyl/N-ethyl adjacent to an activating group) is 1. The normalized spacial score (nSPS) is 10.7. The van der Waals surface area contributed by atoms with Gasteiger partial charge in [0.15, 0.2) is 0 Å². The zero-order valence-electron chi connectivity index (χ0n) is 12.3. The van der Waals surface area contributed by atoms with Gasteiger partial charge in [-0.05, 0) is 43.4 Å². The standard InChI is InChI=1S/C17H19BrN2O/c1-20(2)11-10-19-17(21)14-7-5-6-13(12-14)15-8-3-4-9-16(15)18/h3-9,12H,10-11H2,1-2H3,(H,19,21). The molecule has 2 aromatic carbocycles. The molecule has 0 radical (unpaired) electrons. The van der Waals surface area contributed by atoms with E-state index in [1.165, 1.54) is 0 Å². The summed E-state index contributed by atoms with van der Waals surface area (Å²) < 4.78 is 1.02. The molecule has 2 rings (SSSR count). The van der Waals surface area contributed by atoms with E-state index in [0.717, 1.165) is 22.1 Å². The maximum atomic E-state index is 12.2. The van der Waals surface area contributed by atoms with Crippen molar-refractivity contribution in [1.82, 2.24) is 10.2 Å². The van der Waals surface area contributed by atoms with Crippen LogP contribution in [-0.4, -0.2) is 38.0 Å². The maximum Gasteiger partial charge on any atom is 0.251 e. The molecule has 2 aromatic rings. The molecule has 0 aliphatic rings. The van der Waals surface area contributed by atoms with Gasteiger partial charge in [-0.2, -0.15) is 0 Å². The van der Waals surface area contributed by atoms with Gasteiger partial charge in [-0.1, -0.05) is 46.3 Å². The van der Waals surface area contributed by atoms with Gasteiger partial charge in [0, 0.05) is 23.1 Å². The van der Waals surface area contributed by atoms with Crippen LogP contribution in [0.15, 0.2) is 53.0 Å². The molecule has 0 heterocycles. The van der Waals surface area contributed by atoms with Crippen LogP contribution in [0.5, 0.6) is 0 Å². The number of hydrogen-bond acceptors (Lipinski definition) is 2. The largest absolute Gasteiger partial charge is 0.351 e. The summed E-state index contributed by atoms with van der Waals surface area (Å²) in [4.78, 5) is 14.2. The summed E-state index contributed by atoms with van der Waals surface area (Å²) in [6, 6.07) is 15.7. The van der Waals surface area contributed by atoms with Crippen LogP contribution in [-0.2, 0) is 0 Å². The van der Waals surface area contributed by atoms with Gasteiger partial charge in [0.2, 0.25) is 0 Å². The molecule has 0 unspecified atom stereocenters. The summed E-state index contributed by atoms with van der Waals surface area (Å²) in [6.07, 6.45) is 0. The SMILES string of the molecule is CN(C)CCNC(=O)c1cccc(-c2ccccc2Br)c1. The molecule has 4 heteroatoms. The third kappa shape index (κ3) is 4.41. The van der Waals surface area contributed by atoms with Gasteiger partial charge in [-0.25, -0.2) is 0 Å².